The number of hydrogen-bond acceptors (Lipinski definition) is 5. The van der Waals surface area contributed by atoms with Crippen LogP contribution < -0.4 is 10.6 Å². The van der Waals surface area contributed by atoms with E-state index in [9.17, 15) is 0 Å². The first kappa shape index (κ1) is 9.71. The zero-order valence-electron chi connectivity index (χ0n) is 8.44. The lowest BCUT2D eigenvalue weighted by molar-refractivity contribution is 0.599. The zero-order chi connectivity index (χ0) is 9.97. The molecule has 0 bridgehead atoms. The maximum atomic E-state index is 5.53. The molecule has 2 rings (SSSR count). The Morgan fingerprint density at radius 3 is 3.14 bits per heavy atom. The molecule has 0 aromatic carbocycles. The van der Waals surface area contributed by atoms with Crippen LogP contribution in [0.25, 0.3) is 0 Å². The molecule has 2 N–H and O–H groups in total. The van der Waals surface area contributed by atoms with Crippen molar-refractivity contribution in [3.63, 3.8) is 0 Å². The minimum absolute atomic E-state index is 0.409. The lowest BCUT2D eigenvalue weighted by Crippen LogP contribution is -2.28. The smallest absolute Gasteiger partial charge is 0.233 e. The summed E-state index contributed by atoms with van der Waals surface area (Å²) >= 11 is 1.42. The fourth-order valence-corrected chi connectivity index (χ4v) is 2.76. The molecule has 4 nitrogen and oxygen atoms in total. The quantitative estimate of drug-likeness (QED) is 0.831. The van der Waals surface area contributed by atoms with Crippen LogP contribution in [0.3, 0.4) is 0 Å². The van der Waals surface area contributed by atoms with Crippen LogP contribution in [-0.4, -0.2) is 21.9 Å². The third kappa shape index (κ3) is 1.82. The van der Waals surface area contributed by atoms with Crippen molar-refractivity contribution >= 4 is 22.6 Å². The Balaban J connectivity index is 2.09. The van der Waals surface area contributed by atoms with Crippen LogP contribution >= 0.6 is 11.5 Å². The Hall–Kier alpha value is -0.840. The molecular weight excluding hydrogens is 196 g/mol. The first-order valence-electron chi connectivity index (χ1n) is 5.17. The molecule has 14 heavy (non-hydrogen) atoms. The van der Waals surface area contributed by atoms with Gasteiger partial charge in [0.25, 0.3) is 0 Å². The largest absolute Gasteiger partial charge is 0.367 e. The molecule has 0 amide bonds. The molecule has 1 aromatic heterocycles. The lowest BCUT2D eigenvalue weighted by Gasteiger charge is -2.22. The average Bonchev–Trinajstić information content (AvgIpc) is 2.74. The second-order valence-electron chi connectivity index (χ2n) is 3.71. The highest BCUT2D eigenvalue weighted by Gasteiger charge is 2.26. The van der Waals surface area contributed by atoms with Gasteiger partial charge in [0.15, 0.2) is 0 Å². The van der Waals surface area contributed by atoms with Crippen LogP contribution in [0.4, 0.5) is 11.1 Å². The Bertz CT molecular complexity index is 299. The van der Waals surface area contributed by atoms with Gasteiger partial charge < -0.3 is 10.6 Å². The Kier molecular flexibility index (Phi) is 2.86. The third-order valence-electron chi connectivity index (χ3n) is 2.68. The first-order valence-corrected chi connectivity index (χ1v) is 5.94. The molecule has 1 aliphatic heterocycles. The summed E-state index contributed by atoms with van der Waals surface area (Å²) in [6.07, 6.45) is 5.03. The summed E-state index contributed by atoms with van der Waals surface area (Å²) in [5.41, 5.74) is 5.53. The SMILES string of the molecule is CCCC1CCCN1c1nc(N)ns1. The molecule has 0 aliphatic carbocycles. The van der Waals surface area contributed by atoms with E-state index in [-0.39, 0.29) is 0 Å². The lowest BCUT2D eigenvalue weighted by atomic mass is 10.1. The fraction of sp³-hybridized carbons (Fsp3) is 0.778. The van der Waals surface area contributed by atoms with Gasteiger partial charge in [-0.2, -0.15) is 9.36 Å². The zero-order valence-corrected chi connectivity index (χ0v) is 9.26. The van der Waals surface area contributed by atoms with Crippen molar-refractivity contribution in [2.45, 2.75) is 38.6 Å². The molecule has 1 saturated heterocycles. The van der Waals surface area contributed by atoms with Gasteiger partial charge in [-0.3, -0.25) is 0 Å². The van der Waals surface area contributed by atoms with E-state index in [2.05, 4.69) is 21.2 Å². The van der Waals surface area contributed by atoms with Crippen molar-refractivity contribution in [2.24, 2.45) is 0 Å². The van der Waals surface area contributed by atoms with Gasteiger partial charge in [0.2, 0.25) is 11.1 Å². The summed E-state index contributed by atoms with van der Waals surface area (Å²) in [4.78, 5) is 6.59. The second kappa shape index (κ2) is 4.13. The van der Waals surface area contributed by atoms with Crippen LogP contribution in [0.1, 0.15) is 32.6 Å². The molecule has 1 atom stereocenters. The molecule has 1 unspecified atom stereocenters. The maximum Gasteiger partial charge on any atom is 0.233 e. The molecular formula is C9H16N4S. The Labute approximate surface area is 88.3 Å². The topological polar surface area (TPSA) is 55.0 Å². The van der Waals surface area contributed by atoms with Gasteiger partial charge >= 0.3 is 0 Å². The van der Waals surface area contributed by atoms with Gasteiger partial charge in [-0.05, 0) is 19.3 Å². The van der Waals surface area contributed by atoms with Gasteiger partial charge in [-0.15, -0.1) is 0 Å². The third-order valence-corrected chi connectivity index (χ3v) is 3.44. The molecule has 0 radical (unpaired) electrons. The Morgan fingerprint density at radius 1 is 1.64 bits per heavy atom. The van der Waals surface area contributed by atoms with Crippen LogP contribution in [0.15, 0.2) is 0 Å². The standard InChI is InChI=1S/C9H16N4S/c1-2-4-7-5-3-6-13(7)9-11-8(10)12-14-9/h7H,2-6H2,1H3,(H2,10,12). The molecule has 78 valence electrons. The number of hydrogen-bond donors (Lipinski definition) is 1. The normalized spacial score (nSPS) is 21.8. The molecule has 1 fully saturated rings. The average molecular weight is 212 g/mol. The van der Waals surface area contributed by atoms with Gasteiger partial charge in [0.1, 0.15) is 0 Å². The second-order valence-corrected chi connectivity index (χ2v) is 4.44. The highest BCUT2D eigenvalue weighted by Crippen LogP contribution is 2.29. The summed E-state index contributed by atoms with van der Waals surface area (Å²) in [7, 11) is 0. The van der Waals surface area contributed by atoms with E-state index >= 15 is 0 Å². The first-order chi connectivity index (χ1) is 6.81. The molecule has 1 aromatic rings. The summed E-state index contributed by atoms with van der Waals surface area (Å²) in [6.45, 7) is 3.34. The van der Waals surface area contributed by atoms with Crippen molar-refractivity contribution < 1.29 is 0 Å². The molecule has 0 saturated carbocycles. The minimum atomic E-state index is 0.409. The molecule has 0 spiro atoms. The van der Waals surface area contributed by atoms with Gasteiger partial charge in [0, 0.05) is 24.1 Å². The van der Waals surface area contributed by atoms with Crippen LogP contribution in [0, 0.1) is 0 Å². The summed E-state index contributed by atoms with van der Waals surface area (Å²) < 4.78 is 4.02. The van der Waals surface area contributed by atoms with Crippen molar-refractivity contribution in [1.29, 1.82) is 0 Å². The van der Waals surface area contributed by atoms with E-state index in [1.807, 2.05) is 0 Å². The maximum absolute atomic E-state index is 5.53. The monoisotopic (exact) mass is 212 g/mol. The van der Waals surface area contributed by atoms with E-state index in [4.69, 9.17) is 5.73 Å². The van der Waals surface area contributed by atoms with E-state index < -0.39 is 0 Å². The predicted molar refractivity (Wildman–Crippen MR) is 59.6 cm³/mol. The van der Waals surface area contributed by atoms with Crippen molar-refractivity contribution in [3.8, 4) is 0 Å². The van der Waals surface area contributed by atoms with Gasteiger partial charge in [-0.25, -0.2) is 0 Å². The van der Waals surface area contributed by atoms with Crippen molar-refractivity contribution in [2.75, 3.05) is 17.2 Å². The van der Waals surface area contributed by atoms with E-state index in [0.29, 0.717) is 12.0 Å². The fourth-order valence-electron chi connectivity index (χ4n) is 2.06. The van der Waals surface area contributed by atoms with E-state index in [1.165, 1.54) is 37.2 Å². The molecule has 1 aliphatic rings. The highest BCUT2D eigenvalue weighted by molar-refractivity contribution is 7.09. The van der Waals surface area contributed by atoms with Gasteiger partial charge in [-0.1, -0.05) is 13.3 Å². The van der Waals surface area contributed by atoms with E-state index in [1.54, 1.807) is 0 Å². The summed E-state index contributed by atoms with van der Waals surface area (Å²) in [5.74, 6) is 0.409. The Morgan fingerprint density at radius 2 is 2.50 bits per heavy atom. The van der Waals surface area contributed by atoms with E-state index in [0.717, 1.165) is 11.7 Å². The number of nitrogens with two attached hydrogens (primary N) is 1. The predicted octanol–water partition coefficient (Wildman–Crippen LogP) is 1.89. The van der Waals surface area contributed by atoms with Crippen molar-refractivity contribution in [3.05, 3.63) is 0 Å². The molecule has 2 heterocycles. The number of nitrogens with zero attached hydrogens (tertiary/aromatic N) is 3. The summed E-state index contributed by atoms with van der Waals surface area (Å²) in [5, 5.41) is 0.999. The van der Waals surface area contributed by atoms with Crippen LogP contribution in [-0.2, 0) is 0 Å². The minimum Gasteiger partial charge on any atom is -0.367 e. The number of nitrogen functional groups attached to an aromatic ring is 1. The van der Waals surface area contributed by atoms with Crippen LogP contribution in [0.2, 0.25) is 0 Å². The number of anilines is 2. The van der Waals surface area contributed by atoms with Crippen molar-refractivity contribution in [1.82, 2.24) is 9.36 Å². The number of aromatic nitrogens is 2. The highest BCUT2D eigenvalue weighted by atomic mass is 32.1. The molecule has 5 heteroatoms. The summed E-state index contributed by atoms with van der Waals surface area (Å²) in [6, 6.07) is 0.660. The van der Waals surface area contributed by atoms with Gasteiger partial charge in [0.05, 0.1) is 0 Å². The van der Waals surface area contributed by atoms with Crippen LogP contribution in [0.5, 0.6) is 0 Å². The number of rotatable bonds is 3.